The van der Waals surface area contributed by atoms with Gasteiger partial charge in [-0.1, -0.05) is 11.6 Å². The van der Waals surface area contributed by atoms with Crippen LogP contribution in [-0.2, 0) is 0 Å². The zero-order chi connectivity index (χ0) is 16.2. The van der Waals surface area contributed by atoms with Gasteiger partial charge in [-0.25, -0.2) is 4.98 Å². The number of hydrogen-bond acceptors (Lipinski definition) is 6. The smallest absolute Gasteiger partial charge is 0.318 e. The quantitative estimate of drug-likeness (QED) is 0.923. The lowest BCUT2D eigenvalue weighted by Gasteiger charge is -2.32. The zero-order valence-electron chi connectivity index (χ0n) is 12.7. The maximum absolute atomic E-state index is 12.2. The van der Waals surface area contributed by atoms with E-state index in [9.17, 15) is 4.79 Å². The van der Waals surface area contributed by atoms with Crippen LogP contribution in [0.25, 0.3) is 0 Å². The minimum absolute atomic E-state index is 0.0739. The Morgan fingerprint density at radius 3 is 2.91 bits per heavy atom. The third kappa shape index (κ3) is 3.56. The number of anilines is 1. The van der Waals surface area contributed by atoms with E-state index in [4.69, 9.17) is 20.8 Å². The van der Waals surface area contributed by atoms with E-state index in [0.717, 1.165) is 12.8 Å². The molecule has 0 atom stereocenters. The van der Waals surface area contributed by atoms with E-state index in [1.54, 1.807) is 17.0 Å². The SMILES string of the molecule is COc1ncc(Cl)c(NC2CCN(C(=O)c3ccco3)CC2)n1. The predicted octanol–water partition coefficient (Wildman–Crippen LogP) is 2.45. The van der Waals surface area contributed by atoms with Crippen LogP contribution in [-0.4, -0.2) is 47.0 Å². The number of nitrogens with zero attached hydrogens (tertiary/aromatic N) is 3. The monoisotopic (exact) mass is 336 g/mol. The second-order valence-electron chi connectivity index (χ2n) is 5.24. The molecule has 1 amide bonds. The van der Waals surface area contributed by atoms with Crippen LogP contribution in [0.4, 0.5) is 5.82 Å². The summed E-state index contributed by atoms with van der Waals surface area (Å²) < 4.78 is 10.2. The number of likely N-dealkylation sites (tertiary alicyclic amines) is 1. The van der Waals surface area contributed by atoms with E-state index in [0.29, 0.717) is 29.7 Å². The number of nitrogens with one attached hydrogen (secondary N) is 1. The van der Waals surface area contributed by atoms with Crippen LogP contribution < -0.4 is 10.1 Å². The predicted molar refractivity (Wildman–Crippen MR) is 84.9 cm³/mol. The second-order valence-corrected chi connectivity index (χ2v) is 5.65. The van der Waals surface area contributed by atoms with E-state index in [1.807, 2.05) is 0 Å². The number of hydrogen-bond donors (Lipinski definition) is 1. The Morgan fingerprint density at radius 1 is 1.48 bits per heavy atom. The summed E-state index contributed by atoms with van der Waals surface area (Å²) in [4.78, 5) is 22.2. The summed E-state index contributed by atoms with van der Waals surface area (Å²) in [5.74, 6) is 0.851. The standard InChI is InChI=1S/C15H17ClN4O3/c1-22-15-17-9-11(16)13(19-15)18-10-4-6-20(7-5-10)14(21)12-3-2-8-23-12/h2-3,8-10H,4-7H2,1H3,(H,17,18,19). The number of aromatic nitrogens is 2. The first-order valence-electron chi connectivity index (χ1n) is 7.33. The number of piperidine rings is 1. The minimum Gasteiger partial charge on any atom is -0.467 e. The third-order valence-electron chi connectivity index (χ3n) is 3.76. The molecule has 23 heavy (non-hydrogen) atoms. The van der Waals surface area contributed by atoms with Gasteiger partial charge in [-0.2, -0.15) is 4.98 Å². The van der Waals surface area contributed by atoms with E-state index in [2.05, 4.69) is 15.3 Å². The summed E-state index contributed by atoms with van der Waals surface area (Å²) in [7, 11) is 1.51. The lowest BCUT2D eigenvalue weighted by atomic mass is 10.0. The molecular formula is C15H17ClN4O3. The highest BCUT2D eigenvalue weighted by molar-refractivity contribution is 6.32. The van der Waals surface area contributed by atoms with Crippen LogP contribution >= 0.6 is 11.6 Å². The fourth-order valence-corrected chi connectivity index (χ4v) is 2.67. The van der Waals surface area contributed by atoms with Crippen LogP contribution in [0.2, 0.25) is 5.02 Å². The lowest BCUT2D eigenvalue weighted by molar-refractivity contribution is 0.0686. The molecule has 1 N–H and O–H groups in total. The Kier molecular flexibility index (Phi) is 4.66. The van der Waals surface area contributed by atoms with Crippen molar-refractivity contribution < 1.29 is 13.9 Å². The molecule has 8 heteroatoms. The molecule has 3 rings (SSSR count). The van der Waals surface area contributed by atoms with Crippen molar-refractivity contribution in [2.75, 3.05) is 25.5 Å². The normalized spacial score (nSPS) is 15.5. The van der Waals surface area contributed by atoms with Crippen molar-refractivity contribution in [2.24, 2.45) is 0 Å². The number of carbonyl (C=O) groups excluding carboxylic acids is 1. The molecule has 0 saturated carbocycles. The highest BCUT2D eigenvalue weighted by Crippen LogP contribution is 2.24. The topological polar surface area (TPSA) is 80.5 Å². The van der Waals surface area contributed by atoms with Gasteiger partial charge in [-0.15, -0.1) is 0 Å². The highest BCUT2D eigenvalue weighted by Gasteiger charge is 2.25. The molecule has 3 heterocycles. The van der Waals surface area contributed by atoms with Crippen LogP contribution in [0, 0.1) is 0 Å². The molecule has 0 aromatic carbocycles. The fraction of sp³-hybridized carbons (Fsp3) is 0.400. The number of rotatable bonds is 4. The molecule has 0 spiro atoms. The van der Waals surface area contributed by atoms with Gasteiger partial charge in [-0.05, 0) is 25.0 Å². The number of furan rings is 1. The van der Waals surface area contributed by atoms with Crippen LogP contribution in [0.15, 0.2) is 29.0 Å². The molecule has 1 aliphatic rings. The van der Waals surface area contributed by atoms with E-state index >= 15 is 0 Å². The van der Waals surface area contributed by atoms with Crippen molar-refractivity contribution in [3.8, 4) is 6.01 Å². The minimum atomic E-state index is -0.0739. The largest absolute Gasteiger partial charge is 0.467 e. The summed E-state index contributed by atoms with van der Waals surface area (Å²) in [5.41, 5.74) is 0. The van der Waals surface area contributed by atoms with Gasteiger partial charge in [0.1, 0.15) is 5.02 Å². The molecule has 7 nitrogen and oxygen atoms in total. The van der Waals surface area contributed by atoms with E-state index in [-0.39, 0.29) is 18.0 Å². The highest BCUT2D eigenvalue weighted by atomic mass is 35.5. The summed E-state index contributed by atoms with van der Waals surface area (Å²) >= 11 is 6.10. The molecule has 1 fully saturated rings. The van der Waals surface area contributed by atoms with Crippen molar-refractivity contribution in [3.05, 3.63) is 35.4 Å². The first kappa shape index (κ1) is 15.6. The van der Waals surface area contributed by atoms with Crippen molar-refractivity contribution in [2.45, 2.75) is 18.9 Å². The number of carbonyl (C=O) groups is 1. The van der Waals surface area contributed by atoms with E-state index < -0.39 is 0 Å². The van der Waals surface area contributed by atoms with Crippen LogP contribution in [0.1, 0.15) is 23.4 Å². The average molecular weight is 337 g/mol. The van der Waals surface area contributed by atoms with Crippen molar-refractivity contribution in [3.63, 3.8) is 0 Å². The Bertz CT molecular complexity index is 669. The molecule has 122 valence electrons. The Morgan fingerprint density at radius 2 is 2.26 bits per heavy atom. The Balaban J connectivity index is 1.58. The van der Waals surface area contributed by atoms with Gasteiger partial charge in [0.25, 0.3) is 5.91 Å². The van der Waals surface area contributed by atoms with Gasteiger partial charge in [0.2, 0.25) is 0 Å². The van der Waals surface area contributed by atoms with Gasteiger partial charge in [-0.3, -0.25) is 4.79 Å². The van der Waals surface area contributed by atoms with Gasteiger partial charge in [0.15, 0.2) is 11.6 Å². The van der Waals surface area contributed by atoms with Crippen molar-refractivity contribution in [1.29, 1.82) is 0 Å². The lowest BCUT2D eigenvalue weighted by Crippen LogP contribution is -2.42. The number of methoxy groups -OCH3 is 1. The van der Waals surface area contributed by atoms with Crippen LogP contribution in [0.3, 0.4) is 0 Å². The van der Waals surface area contributed by atoms with Gasteiger partial charge >= 0.3 is 6.01 Å². The molecule has 0 unspecified atom stereocenters. The van der Waals surface area contributed by atoms with Gasteiger partial charge in [0.05, 0.1) is 19.6 Å². The number of amides is 1. The number of ether oxygens (including phenoxy) is 1. The maximum atomic E-state index is 12.2. The molecular weight excluding hydrogens is 320 g/mol. The molecule has 2 aromatic rings. The Hall–Kier alpha value is -2.28. The zero-order valence-corrected chi connectivity index (χ0v) is 13.4. The summed E-state index contributed by atoms with van der Waals surface area (Å²) in [6, 6.07) is 3.85. The summed E-state index contributed by atoms with van der Waals surface area (Å²) in [6.45, 7) is 1.30. The summed E-state index contributed by atoms with van der Waals surface area (Å²) in [6.07, 6.45) is 4.61. The first-order chi connectivity index (χ1) is 11.2. The molecule has 0 bridgehead atoms. The van der Waals surface area contributed by atoms with Crippen LogP contribution in [0.5, 0.6) is 6.01 Å². The average Bonchev–Trinajstić information content (AvgIpc) is 3.11. The molecule has 1 saturated heterocycles. The maximum Gasteiger partial charge on any atom is 0.318 e. The third-order valence-corrected chi connectivity index (χ3v) is 4.04. The van der Waals surface area contributed by atoms with Gasteiger partial charge < -0.3 is 19.4 Å². The Labute approximate surface area is 138 Å². The fourth-order valence-electron chi connectivity index (χ4n) is 2.53. The van der Waals surface area contributed by atoms with Crippen molar-refractivity contribution in [1.82, 2.24) is 14.9 Å². The van der Waals surface area contributed by atoms with E-state index in [1.165, 1.54) is 19.6 Å². The summed E-state index contributed by atoms with van der Waals surface area (Å²) in [5, 5.41) is 3.74. The number of halogens is 1. The molecule has 1 aliphatic heterocycles. The van der Waals surface area contributed by atoms with Gasteiger partial charge in [0, 0.05) is 19.1 Å². The first-order valence-corrected chi connectivity index (χ1v) is 7.71. The molecule has 2 aromatic heterocycles. The second kappa shape index (κ2) is 6.87. The van der Waals surface area contributed by atoms with Crippen molar-refractivity contribution >= 4 is 23.3 Å². The molecule has 0 aliphatic carbocycles. The molecule has 0 radical (unpaired) electrons.